The molecule has 0 aromatic carbocycles. The number of pyridine rings is 1. The van der Waals surface area contributed by atoms with E-state index in [0.717, 1.165) is 16.4 Å². The van der Waals surface area contributed by atoms with E-state index in [9.17, 15) is 0 Å². The summed E-state index contributed by atoms with van der Waals surface area (Å²) in [6.07, 6.45) is 2.98. The van der Waals surface area contributed by atoms with Crippen LogP contribution < -0.4 is 5.32 Å². The average Bonchev–Trinajstić information content (AvgIpc) is 3.03. The highest BCUT2D eigenvalue weighted by atomic mass is 79.9. The Bertz CT molecular complexity index is 689. The molecular formula is C14H13BrN2S2. The molecular weight excluding hydrogens is 340 g/mol. The van der Waals surface area contributed by atoms with Gasteiger partial charge in [-0.3, -0.25) is 4.98 Å². The second kappa shape index (κ2) is 5.71. The molecule has 1 N–H and O–H groups in total. The lowest BCUT2D eigenvalue weighted by Gasteiger charge is -2.15. The summed E-state index contributed by atoms with van der Waals surface area (Å²) in [5.41, 5.74) is 2.34. The second-order valence-electron chi connectivity index (χ2n) is 4.35. The summed E-state index contributed by atoms with van der Waals surface area (Å²) >= 11 is 7.04. The first kappa shape index (κ1) is 13.2. The molecule has 0 saturated heterocycles. The SMILES string of the molecule is CNC(Cc1cc(Br)cs1)c1cnc2ccsc2c1. The maximum atomic E-state index is 4.52. The van der Waals surface area contributed by atoms with E-state index in [1.165, 1.54) is 15.1 Å². The molecule has 0 amide bonds. The van der Waals surface area contributed by atoms with Gasteiger partial charge in [-0.15, -0.1) is 22.7 Å². The lowest BCUT2D eigenvalue weighted by molar-refractivity contribution is 0.595. The number of halogens is 1. The van der Waals surface area contributed by atoms with Crippen molar-refractivity contribution in [1.29, 1.82) is 0 Å². The first-order valence-electron chi connectivity index (χ1n) is 5.99. The Morgan fingerprint density at radius 1 is 1.37 bits per heavy atom. The van der Waals surface area contributed by atoms with Crippen LogP contribution in [-0.4, -0.2) is 12.0 Å². The zero-order valence-electron chi connectivity index (χ0n) is 10.4. The molecule has 0 fully saturated rings. The molecule has 1 unspecified atom stereocenters. The van der Waals surface area contributed by atoms with Crippen molar-refractivity contribution in [3.63, 3.8) is 0 Å². The Labute approximate surface area is 128 Å². The van der Waals surface area contributed by atoms with Crippen molar-refractivity contribution in [2.45, 2.75) is 12.5 Å². The first-order chi connectivity index (χ1) is 9.26. The molecule has 0 spiro atoms. The van der Waals surface area contributed by atoms with E-state index in [1.54, 1.807) is 22.7 Å². The number of aromatic nitrogens is 1. The third-order valence-corrected chi connectivity index (χ3v) is 5.67. The van der Waals surface area contributed by atoms with Gasteiger partial charge in [0.1, 0.15) is 0 Å². The summed E-state index contributed by atoms with van der Waals surface area (Å²) in [6.45, 7) is 0. The number of rotatable bonds is 4. The van der Waals surface area contributed by atoms with E-state index < -0.39 is 0 Å². The smallest absolute Gasteiger partial charge is 0.0809 e. The molecule has 19 heavy (non-hydrogen) atoms. The minimum atomic E-state index is 0.310. The van der Waals surface area contributed by atoms with Gasteiger partial charge in [0.15, 0.2) is 0 Å². The van der Waals surface area contributed by atoms with E-state index in [1.807, 2.05) is 13.2 Å². The van der Waals surface area contributed by atoms with Gasteiger partial charge in [-0.2, -0.15) is 0 Å². The van der Waals surface area contributed by atoms with Crippen LogP contribution in [0.15, 0.2) is 39.6 Å². The van der Waals surface area contributed by atoms with Crippen LogP contribution in [0.2, 0.25) is 0 Å². The number of fused-ring (bicyclic) bond motifs is 1. The van der Waals surface area contributed by atoms with Crippen LogP contribution in [0.5, 0.6) is 0 Å². The molecule has 5 heteroatoms. The largest absolute Gasteiger partial charge is 0.313 e. The zero-order valence-corrected chi connectivity index (χ0v) is 13.6. The normalized spacial score (nSPS) is 12.9. The van der Waals surface area contributed by atoms with Crippen LogP contribution >= 0.6 is 38.6 Å². The molecule has 0 aliphatic heterocycles. The Kier molecular flexibility index (Phi) is 3.98. The molecule has 2 nitrogen and oxygen atoms in total. The molecule has 0 aliphatic rings. The van der Waals surface area contributed by atoms with Gasteiger partial charge in [0.05, 0.1) is 10.2 Å². The number of hydrogen-bond donors (Lipinski definition) is 1. The van der Waals surface area contributed by atoms with Crippen molar-refractivity contribution in [2.24, 2.45) is 0 Å². The molecule has 98 valence electrons. The van der Waals surface area contributed by atoms with Crippen LogP contribution in [0.3, 0.4) is 0 Å². The van der Waals surface area contributed by atoms with Gasteiger partial charge >= 0.3 is 0 Å². The molecule has 3 rings (SSSR count). The van der Waals surface area contributed by atoms with Crippen molar-refractivity contribution < 1.29 is 0 Å². The predicted octanol–water partition coefficient (Wildman–Crippen LogP) is 4.62. The quantitative estimate of drug-likeness (QED) is 0.740. The molecule has 0 radical (unpaired) electrons. The van der Waals surface area contributed by atoms with Gasteiger partial charge in [0.2, 0.25) is 0 Å². The summed E-state index contributed by atoms with van der Waals surface area (Å²) in [5.74, 6) is 0. The van der Waals surface area contributed by atoms with Crippen LogP contribution in [0, 0.1) is 0 Å². The van der Waals surface area contributed by atoms with Gasteiger partial charge in [-0.05, 0) is 52.1 Å². The van der Waals surface area contributed by atoms with Crippen molar-refractivity contribution in [3.05, 3.63) is 50.1 Å². The Morgan fingerprint density at radius 3 is 3.00 bits per heavy atom. The first-order valence-corrected chi connectivity index (χ1v) is 8.55. The number of hydrogen-bond acceptors (Lipinski definition) is 4. The summed E-state index contributed by atoms with van der Waals surface area (Å²) in [5, 5.41) is 7.61. The number of nitrogens with zero attached hydrogens (tertiary/aromatic N) is 1. The van der Waals surface area contributed by atoms with Gasteiger partial charge in [-0.25, -0.2) is 0 Å². The predicted molar refractivity (Wildman–Crippen MR) is 87.1 cm³/mol. The topological polar surface area (TPSA) is 24.9 Å². The summed E-state index contributed by atoms with van der Waals surface area (Å²) in [6, 6.07) is 6.81. The minimum Gasteiger partial charge on any atom is -0.313 e. The summed E-state index contributed by atoms with van der Waals surface area (Å²) in [4.78, 5) is 5.89. The molecule has 0 bridgehead atoms. The van der Waals surface area contributed by atoms with Crippen LogP contribution in [0.1, 0.15) is 16.5 Å². The van der Waals surface area contributed by atoms with E-state index >= 15 is 0 Å². The van der Waals surface area contributed by atoms with Gasteiger partial charge < -0.3 is 5.32 Å². The molecule has 0 aliphatic carbocycles. The number of nitrogens with one attached hydrogen (secondary N) is 1. The Morgan fingerprint density at radius 2 is 2.26 bits per heavy atom. The highest BCUT2D eigenvalue weighted by molar-refractivity contribution is 9.10. The third kappa shape index (κ3) is 2.89. The van der Waals surface area contributed by atoms with Gasteiger partial charge in [-0.1, -0.05) is 0 Å². The maximum Gasteiger partial charge on any atom is 0.0809 e. The lowest BCUT2D eigenvalue weighted by Crippen LogP contribution is -2.18. The van der Waals surface area contributed by atoms with E-state index in [4.69, 9.17) is 0 Å². The fourth-order valence-electron chi connectivity index (χ4n) is 2.10. The molecule has 3 aromatic heterocycles. The van der Waals surface area contributed by atoms with Gasteiger partial charge in [0.25, 0.3) is 0 Å². The van der Waals surface area contributed by atoms with Crippen LogP contribution in [0.4, 0.5) is 0 Å². The van der Waals surface area contributed by atoms with E-state index in [2.05, 4.69) is 55.2 Å². The minimum absolute atomic E-state index is 0.310. The zero-order chi connectivity index (χ0) is 13.2. The number of thiophene rings is 2. The molecule has 3 aromatic rings. The van der Waals surface area contributed by atoms with Crippen molar-refractivity contribution in [1.82, 2.24) is 10.3 Å². The van der Waals surface area contributed by atoms with E-state index in [-0.39, 0.29) is 0 Å². The lowest BCUT2D eigenvalue weighted by atomic mass is 10.1. The molecule has 1 atom stereocenters. The Hall–Kier alpha value is -0.750. The number of likely N-dealkylation sites (N-methyl/N-ethyl adjacent to an activating group) is 1. The van der Waals surface area contributed by atoms with Crippen molar-refractivity contribution >= 4 is 48.8 Å². The van der Waals surface area contributed by atoms with Crippen molar-refractivity contribution in [2.75, 3.05) is 7.05 Å². The monoisotopic (exact) mass is 352 g/mol. The molecule has 3 heterocycles. The van der Waals surface area contributed by atoms with Crippen LogP contribution in [0.25, 0.3) is 10.2 Å². The maximum absolute atomic E-state index is 4.52. The van der Waals surface area contributed by atoms with Crippen molar-refractivity contribution in [3.8, 4) is 0 Å². The summed E-state index contributed by atoms with van der Waals surface area (Å²) < 4.78 is 2.42. The Balaban J connectivity index is 1.88. The average molecular weight is 353 g/mol. The summed E-state index contributed by atoms with van der Waals surface area (Å²) in [7, 11) is 2.01. The fourth-order valence-corrected chi connectivity index (χ4v) is 4.39. The molecule has 0 saturated carbocycles. The standard InChI is InChI=1S/C14H13BrN2S2/c1-16-13(6-11-5-10(15)8-19-11)9-4-14-12(17-7-9)2-3-18-14/h2-5,7-8,13,16H,6H2,1H3. The van der Waals surface area contributed by atoms with Crippen LogP contribution in [-0.2, 0) is 6.42 Å². The van der Waals surface area contributed by atoms with Gasteiger partial charge in [0, 0.05) is 33.4 Å². The fraction of sp³-hybridized carbons (Fsp3) is 0.214. The highest BCUT2D eigenvalue weighted by Crippen LogP contribution is 2.27. The highest BCUT2D eigenvalue weighted by Gasteiger charge is 2.13. The second-order valence-corrected chi connectivity index (χ2v) is 7.21. The third-order valence-electron chi connectivity index (χ3n) is 3.10. The van der Waals surface area contributed by atoms with E-state index in [0.29, 0.717) is 6.04 Å².